The molecule has 0 aromatic heterocycles. The van der Waals surface area contributed by atoms with E-state index in [1.807, 2.05) is 0 Å². The number of carbonyl (C=O) groups excluding carboxylic acids is 1. The van der Waals surface area contributed by atoms with Crippen LogP contribution in [0.25, 0.3) is 0 Å². The molecule has 2 rings (SSSR count). The minimum atomic E-state index is -0.00291. The molecule has 0 bridgehead atoms. The van der Waals surface area contributed by atoms with Crippen LogP contribution in [0, 0.1) is 11.3 Å². The highest BCUT2D eigenvalue weighted by Crippen LogP contribution is 2.11. The number of nitrogens with one attached hydrogen (secondary N) is 1. The molecule has 5 heteroatoms. The number of hydrogen-bond acceptors (Lipinski definition) is 4. The van der Waals surface area contributed by atoms with Crippen molar-refractivity contribution in [3.8, 4) is 6.07 Å². The quantitative estimate of drug-likeness (QED) is 0.912. The highest BCUT2D eigenvalue weighted by atomic mass is 16.2. The van der Waals surface area contributed by atoms with Gasteiger partial charge in [0.1, 0.15) is 0 Å². The summed E-state index contributed by atoms with van der Waals surface area (Å²) >= 11 is 0. The van der Waals surface area contributed by atoms with Crippen molar-refractivity contribution in [2.24, 2.45) is 0 Å². The second-order valence-electron chi connectivity index (χ2n) is 5.45. The lowest BCUT2D eigenvalue weighted by atomic mass is 10.2. The Hall–Kier alpha value is -1.90. The van der Waals surface area contributed by atoms with E-state index in [0.29, 0.717) is 18.2 Å². The molecule has 1 aliphatic heterocycles. The maximum atomic E-state index is 12.1. The van der Waals surface area contributed by atoms with Crippen molar-refractivity contribution in [2.75, 3.05) is 38.0 Å². The van der Waals surface area contributed by atoms with E-state index < -0.39 is 0 Å². The van der Waals surface area contributed by atoms with Crippen molar-refractivity contribution in [3.63, 3.8) is 0 Å². The van der Waals surface area contributed by atoms with Crippen LogP contribution in [0.2, 0.25) is 0 Å². The lowest BCUT2D eigenvalue weighted by Crippen LogP contribution is -2.53. The Kier molecular flexibility index (Phi) is 5.32. The number of likely N-dealkylation sites (N-methyl/N-ethyl adjacent to an activating group) is 1. The van der Waals surface area contributed by atoms with Crippen LogP contribution in [0.5, 0.6) is 0 Å². The first-order chi connectivity index (χ1) is 10.1. The molecule has 1 heterocycles. The van der Waals surface area contributed by atoms with Crippen molar-refractivity contribution in [3.05, 3.63) is 29.8 Å². The van der Waals surface area contributed by atoms with Gasteiger partial charge < -0.3 is 5.32 Å². The third-order valence-electron chi connectivity index (χ3n) is 3.92. The third-order valence-corrected chi connectivity index (χ3v) is 3.92. The molecule has 112 valence electrons. The monoisotopic (exact) mass is 286 g/mol. The number of hydrogen-bond donors (Lipinski definition) is 1. The molecule has 1 aliphatic rings. The van der Waals surface area contributed by atoms with Gasteiger partial charge in [0.05, 0.1) is 18.2 Å². The summed E-state index contributed by atoms with van der Waals surface area (Å²) in [4.78, 5) is 16.7. The molecule has 0 aliphatic carbocycles. The van der Waals surface area contributed by atoms with E-state index >= 15 is 0 Å². The summed E-state index contributed by atoms with van der Waals surface area (Å²) in [6.07, 6.45) is 0. The Bertz CT molecular complexity index is 520. The molecule has 1 amide bonds. The fourth-order valence-electron chi connectivity index (χ4n) is 2.72. The van der Waals surface area contributed by atoms with Gasteiger partial charge in [-0.2, -0.15) is 5.26 Å². The Morgan fingerprint density at radius 3 is 2.67 bits per heavy atom. The average Bonchev–Trinajstić information content (AvgIpc) is 2.48. The first-order valence-corrected chi connectivity index (χ1v) is 7.38. The lowest BCUT2D eigenvalue weighted by molar-refractivity contribution is -0.118. The van der Waals surface area contributed by atoms with Gasteiger partial charge in [-0.25, -0.2) is 0 Å². The zero-order valence-corrected chi connectivity index (χ0v) is 12.7. The molecule has 1 fully saturated rings. The smallest absolute Gasteiger partial charge is 0.238 e. The fourth-order valence-corrected chi connectivity index (χ4v) is 2.72. The van der Waals surface area contributed by atoms with E-state index in [1.165, 1.54) is 0 Å². The van der Waals surface area contributed by atoms with Gasteiger partial charge in [0.2, 0.25) is 5.91 Å². The second-order valence-corrected chi connectivity index (χ2v) is 5.45. The largest absolute Gasteiger partial charge is 0.325 e. The summed E-state index contributed by atoms with van der Waals surface area (Å²) in [5.41, 5.74) is 1.33. The number of anilines is 1. The molecule has 1 unspecified atom stereocenters. The molecule has 1 atom stereocenters. The number of piperazine rings is 1. The van der Waals surface area contributed by atoms with Crippen molar-refractivity contribution in [1.82, 2.24) is 9.80 Å². The molecule has 1 saturated heterocycles. The van der Waals surface area contributed by atoms with Crippen LogP contribution < -0.4 is 5.32 Å². The van der Waals surface area contributed by atoms with E-state index in [4.69, 9.17) is 5.26 Å². The van der Waals surface area contributed by atoms with Crippen LogP contribution in [-0.2, 0) is 4.79 Å². The van der Waals surface area contributed by atoms with Gasteiger partial charge in [0.25, 0.3) is 0 Å². The summed E-state index contributed by atoms with van der Waals surface area (Å²) in [7, 11) is 0. The Labute approximate surface area is 126 Å². The van der Waals surface area contributed by atoms with Crippen molar-refractivity contribution in [1.29, 1.82) is 5.26 Å². The van der Waals surface area contributed by atoms with Crippen molar-refractivity contribution < 1.29 is 4.79 Å². The number of rotatable bonds is 4. The molecule has 1 aromatic carbocycles. The van der Waals surface area contributed by atoms with Gasteiger partial charge in [-0.3, -0.25) is 14.6 Å². The predicted molar refractivity (Wildman–Crippen MR) is 82.9 cm³/mol. The van der Waals surface area contributed by atoms with E-state index in [-0.39, 0.29) is 5.91 Å². The van der Waals surface area contributed by atoms with Crippen LogP contribution >= 0.6 is 0 Å². The molecule has 1 aromatic rings. The standard InChI is InChI=1S/C16H22N4O/c1-3-20-9-8-19(11-13(20)2)12-16(21)18-15-6-4-14(10-17)5-7-15/h4-7,13H,3,8-9,11-12H2,1-2H3,(H,18,21). The normalized spacial score (nSPS) is 20.0. The maximum Gasteiger partial charge on any atom is 0.238 e. The zero-order chi connectivity index (χ0) is 15.2. The average molecular weight is 286 g/mol. The molecule has 21 heavy (non-hydrogen) atoms. The van der Waals surface area contributed by atoms with Crippen LogP contribution in [0.4, 0.5) is 5.69 Å². The summed E-state index contributed by atoms with van der Waals surface area (Å²) < 4.78 is 0. The van der Waals surface area contributed by atoms with Crippen LogP contribution in [-0.4, -0.2) is 54.5 Å². The summed E-state index contributed by atoms with van der Waals surface area (Å²) in [5.74, 6) is -0.00291. The number of benzene rings is 1. The van der Waals surface area contributed by atoms with Crippen LogP contribution in [0.15, 0.2) is 24.3 Å². The maximum absolute atomic E-state index is 12.1. The number of nitrogens with zero attached hydrogens (tertiary/aromatic N) is 3. The van der Waals surface area contributed by atoms with E-state index in [2.05, 4.69) is 35.0 Å². The molecular formula is C16H22N4O. The highest BCUT2D eigenvalue weighted by Gasteiger charge is 2.23. The topological polar surface area (TPSA) is 59.4 Å². The van der Waals surface area contributed by atoms with Crippen LogP contribution in [0.3, 0.4) is 0 Å². The third kappa shape index (κ3) is 4.28. The van der Waals surface area contributed by atoms with E-state index in [0.717, 1.165) is 31.9 Å². The molecule has 0 radical (unpaired) electrons. The Morgan fingerprint density at radius 2 is 2.10 bits per heavy atom. The van der Waals surface area contributed by atoms with Gasteiger partial charge in [-0.15, -0.1) is 0 Å². The fraction of sp³-hybridized carbons (Fsp3) is 0.500. The number of nitriles is 1. The first kappa shape index (κ1) is 15.5. The minimum Gasteiger partial charge on any atom is -0.325 e. The molecule has 0 saturated carbocycles. The van der Waals surface area contributed by atoms with Gasteiger partial charge in [-0.05, 0) is 37.7 Å². The predicted octanol–water partition coefficient (Wildman–Crippen LogP) is 1.52. The van der Waals surface area contributed by atoms with Gasteiger partial charge in [0, 0.05) is 31.4 Å². The zero-order valence-electron chi connectivity index (χ0n) is 12.7. The molecular weight excluding hydrogens is 264 g/mol. The summed E-state index contributed by atoms with van der Waals surface area (Å²) in [6.45, 7) is 8.72. The van der Waals surface area contributed by atoms with E-state index in [1.54, 1.807) is 24.3 Å². The second kappa shape index (κ2) is 7.21. The van der Waals surface area contributed by atoms with Crippen molar-refractivity contribution >= 4 is 11.6 Å². The highest BCUT2D eigenvalue weighted by molar-refractivity contribution is 5.92. The summed E-state index contributed by atoms with van der Waals surface area (Å²) in [6, 6.07) is 9.48. The SMILES string of the molecule is CCN1CCN(CC(=O)Nc2ccc(C#N)cc2)CC1C. The summed E-state index contributed by atoms with van der Waals surface area (Å²) in [5, 5.41) is 11.6. The Morgan fingerprint density at radius 1 is 1.38 bits per heavy atom. The number of amides is 1. The molecule has 1 N–H and O–H groups in total. The van der Waals surface area contributed by atoms with Gasteiger partial charge >= 0.3 is 0 Å². The number of carbonyl (C=O) groups is 1. The Balaban J connectivity index is 1.83. The first-order valence-electron chi connectivity index (χ1n) is 7.38. The van der Waals surface area contributed by atoms with Gasteiger partial charge in [-0.1, -0.05) is 6.92 Å². The molecule has 5 nitrogen and oxygen atoms in total. The van der Waals surface area contributed by atoms with E-state index in [9.17, 15) is 4.79 Å². The minimum absolute atomic E-state index is 0.00291. The van der Waals surface area contributed by atoms with Crippen LogP contribution in [0.1, 0.15) is 19.4 Å². The lowest BCUT2D eigenvalue weighted by Gasteiger charge is -2.38. The van der Waals surface area contributed by atoms with Gasteiger partial charge in [0.15, 0.2) is 0 Å². The van der Waals surface area contributed by atoms with Crippen molar-refractivity contribution in [2.45, 2.75) is 19.9 Å². The molecule has 0 spiro atoms.